The molecule has 0 aromatic rings. The van der Waals surface area contributed by atoms with Crippen LogP contribution in [0.1, 0.15) is 46.5 Å². The van der Waals surface area contributed by atoms with Crippen LogP contribution in [0.15, 0.2) is 0 Å². The van der Waals surface area contributed by atoms with Crippen molar-refractivity contribution >= 4 is 0 Å². The van der Waals surface area contributed by atoms with Gasteiger partial charge in [-0.3, -0.25) is 0 Å². The Labute approximate surface area is 88.1 Å². The molecule has 0 amide bonds. The summed E-state index contributed by atoms with van der Waals surface area (Å²) < 4.78 is 0. The number of rotatable bonds is 4. The van der Waals surface area contributed by atoms with Crippen LogP contribution in [0.3, 0.4) is 0 Å². The van der Waals surface area contributed by atoms with Crippen LogP contribution in [-0.2, 0) is 0 Å². The van der Waals surface area contributed by atoms with Gasteiger partial charge >= 0.3 is 0 Å². The first-order valence-electron chi connectivity index (χ1n) is 6.01. The molecule has 0 aliphatic heterocycles. The van der Waals surface area contributed by atoms with Crippen molar-refractivity contribution in [1.29, 1.82) is 0 Å². The highest BCUT2D eigenvalue weighted by molar-refractivity contribution is 4.79. The van der Waals surface area contributed by atoms with E-state index in [-0.39, 0.29) is 6.10 Å². The SMILES string of the molecule is CC(O)CCNC1CCC(C)C(C)C1. The van der Waals surface area contributed by atoms with Gasteiger partial charge < -0.3 is 10.4 Å². The van der Waals surface area contributed by atoms with Gasteiger partial charge in [0.1, 0.15) is 0 Å². The Morgan fingerprint density at radius 1 is 1.29 bits per heavy atom. The van der Waals surface area contributed by atoms with Crippen LogP contribution in [-0.4, -0.2) is 23.8 Å². The Morgan fingerprint density at radius 2 is 2.00 bits per heavy atom. The molecule has 14 heavy (non-hydrogen) atoms. The molecule has 0 heterocycles. The van der Waals surface area contributed by atoms with E-state index in [9.17, 15) is 0 Å². The van der Waals surface area contributed by atoms with E-state index in [1.807, 2.05) is 6.92 Å². The zero-order valence-corrected chi connectivity index (χ0v) is 9.79. The number of aliphatic hydroxyl groups excluding tert-OH is 1. The average molecular weight is 199 g/mol. The van der Waals surface area contributed by atoms with Crippen molar-refractivity contribution in [2.75, 3.05) is 6.54 Å². The Balaban J connectivity index is 2.13. The molecule has 0 saturated heterocycles. The summed E-state index contributed by atoms with van der Waals surface area (Å²) in [5, 5.41) is 12.7. The van der Waals surface area contributed by atoms with E-state index in [1.54, 1.807) is 0 Å². The van der Waals surface area contributed by atoms with Crippen molar-refractivity contribution in [2.45, 2.75) is 58.6 Å². The minimum absolute atomic E-state index is 0.164. The highest BCUT2D eigenvalue weighted by Crippen LogP contribution is 2.29. The molecule has 84 valence electrons. The minimum atomic E-state index is -0.164. The summed E-state index contributed by atoms with van der Waals surface area (Å²) in [6.07, 6.45) is 4.68. The van der Waals surface area contributed by atoms with Crippen molar-refractivity contribution in [2.24, 2.45) is 11.8 Å². The maximum absolute atomic E-state index is 9.14. The van der Waals surface area contributed by atoms with Gasteiger partial charge in [0.25, 0.3) is 0 Å². The van der Waals surface area contributed by atoms with Gasteiger partial charge in [-0.15, -0.1) is 0 Å². The summed E-state index contributed by atoms with van der Waals surface area (Å²) in [5.41, 5.74) is 0. The molecule has 1 saturated carbocycles. The molecule has 2 N–H and O–H groups in total. The van der Waals surface area contributed by atoms with Gasteiger partial charge in [-0.1, -0.05) is 13.8 Å². The Morgan fingerprint density at radius 3 is 2.57 bits per heavy atom. The maximum Gasteiger partial charge on any atom is 0.0524 e. The molecule has 0 radical (unpaired) electrons. The highest BCUT2D eigenvalue weighted by atomic mass is 16.3. The summed E-state index contributed by atoms with van der Waals surface area (Å²) in [6.45, 7) is 7.53. The van der Waals surface area contributed by atoms with Crippen molar-refractivity contribution < 1.29 is 5.11 Å². The summed E-state index contributed by atoms with van der Waals surface area (Å²) in [5.74, 6) is 1.75. The van der Waals surface area contributed by atoms with E-state index in [0.29, 0.717) is 6.04 Å². The van der Waals surface area contributed by atoms with Gasteiger partial charge in [0.05, 0.1) is 6.10 Å². The van der Waals surface area contributed by atoms with E-state index in [4.69, 9.17) is 5.11 Å². The third kappa shape index (κ3) is 3.97. The van der Waals surface area contributed by atoms with Gasteiger partial charge in [-0.25, -0.2) is 0 Å². The van der Waals surface area contributed by atoms with Crippen molar-refractivity contribution in [3.05, 3.63) is 0 Å². The summed E-state index contributed by atoms with van der Waals surface area (Å²) in [7, 11) is 0. The summed E-state index contributed by atoms with van der Waals surface area (Å²) in [4.78, 5) is 0. The lowest BCUT2D eigenvalue weighted by atomic mass is 9.79. The molecular formula is C12H25NO. The summed E-state index contributed by atoms with van der Waals surface area (Å²) >= 11 is 0. The molecule has 2 nitrogen and oxygen atoms in total. The third-order valence-electron chi connectivity index (χ3n) is 3.59. The van der Waals surface area contributed by atoms with Crippen LogP contribution >= 0.6 is 0 Å². The van der Waals surface area contributed by atoms with E-state index in [0.717, 1.165) is 24.8 Å². The minimum Gasteiger partial charge on any atom is -0.393 e. The van der Waals surface area contributed by atoms with Crippen LogP contribution in [0.2, 0.25) is 0 Å². The number of hydrogen-bond donors (Lipinski definition) is 2. The van der Waals surface area contributed by atoms with Crippen LogP contribution in [0.5, 0.6) is 0 Å². The average Bonchev–Trinajstić information content (AvgIpc) is 2.10. The zero-order valence-electron chi connectivity index (χ0n) is 9.79. The quantitative estimate of drug-likeness (QED) is 0.727. The normalized spacial score (nSPS) is 35.6. The first-order valence-corrected chi connectivity index (χ1v) is 6.01. The fourth-order valence-corrected chi connectivity index (χ4v) is 2.23. The lowest BCUT2D eigenvalue weighted by Crippen LogP contribution is -2.37. The smallest absolute Gasteiger partial charge is 0.0524 e. The summed E-state index contributed by atoms with van der Waals surface area (Å²) in [6, 6.07) is 0.694. The monoisotopic (exact) mass is 199 g/mol. The topological polar surface area (TPSA) is 32.3 Å². The van der Waals surface area contributed by atoms with Gasteiger partial charge in [0, 0.05) is 6.04 Å². The van der Waals surface area contributed by atoms with E-state index in [2.05, 4.69) is 19.2 Å². The van der Waals surface area contributed by atoms with Crippen LogP contribution in [0.25, 0.3) is 0 Å². The predicted octanol–water partition coefficient (Wildman–Crippen LogP) is 2.17. The van der Waals surface area contributed by atoms with Gasteiger partial charge in [0.15, 0.2) is 0 Å². The van der Waals surface area contributed by atoms with Crippen LogP contribution in [0, 0.1) is 11.8 Å². The Hall–Kier alpha value is -0.0800. The molecule has 1 aliphatic carbocycles. The molecule has 0 spiro atoms. The molecule has 1 fully saturated rings. The molecule has 4 atom stereocenters. The number of nitrogens with one attached hydrogen (secondary N) is 1. The molecule has 0 aromatic carbocycles. The molecule has 1 aliphatic rings. The third-order valence-corrected chi connectivity index (χ3v) is 3.59. The highest BCUT2D eigenvalue weighted by Gasteiger charge is 2.23. The number of hydrogen-bond acceptors (Lipinski definition) is 2. The van der Waals surface area contributed by atoms with Crippen molar-refractivity contribution in [1.82, 2.24) is 5.32 Å². The maximum atomic E-state index is 9.14. The molecule has 0 aromatic heterocycles. The van der Waals surface area contributed by atoms with Crippen molar-refractivity contribution in [3.8, 4) is 0 Å². The van der Waals surface area contributed by atoms with E-state index >= 15 is 0 Å². The van der Waals surface area contributed by atoms with Gasteiger partial charge in [-0.05, 0) is 51.0 Å². The lowest BCUT2D eigenvalue weighted by Gasteiger charge is -2.32. The molecule has 0 bridgehead atoms. The van der Waals surface area contributed by atoms with Gasteiger partial charge in [0.2, 0.25) is 0 Å². The second-order valence-electron chi connectivity index (χ2n) is 5.06. The second kappa shape index (κ2) is 5.72. The Kier molecular flexibility index (Phi) is 4.90. The van der Waals surface area contributed by atoms with Crippen LogP contribution in [0.4, 0.5) is 0 Å². The molecule has 2 heteroatoms. The van der Waals surface area contributed by atoms with E-state index in [1.165, 1.54) is 19.3 Å². The van der Waals surface area contributed by atoms with Crippen molar-refractivity contribution in [3.63, 3.8) is 0 Å². The largest absolute Gasteiger partial charge is 0.393 e. The lowest BCUT2D eigenvalue weighted by molar-refractivity contribution is 0.174. The first kappa shape index (κ1) is 12.0. The fourth-order valence-electron chi connectivity index (χ4n) is 2.23. The number of aliphatic hydroxyl groups is 1. The second-order valence-corrected chi connectivity index (χ2v) is 5.06. The molecule has 1 rings (SSSR count). The van der Waals surface area contributed by atoms with Gasteiger partial charge in [-0.2, -0.15) is 0 Å². The fraction of sp³-hybridized carbons (Fsp3) is 1.00. The first-order chi connectivity index (χ1) is 6.59. The predicted molar refractivity (Wildman–Crippen MR) is 60.3 cm³/mol. The zero-order chi connectivity index (χ0) is 10.6. The standard InChI is InChI=1S/C12H25NO/c1-9-4-5-12(8-10(9)2)13-7-6-11(3)14/h9-14H,4-8H2,1-3H3. The van der Waals surface area contributed by atoms with E-state index < -0.39 is 0 Å². The Bertz CT molecular complexity index is 158. The van der Waals surface area contributed by atoms with Crippen LogP contribution < -0.4 is 5.32 Å². The molecular weight excluding hydrogens is 174 g/mol. The molecule has 4 unspecified atom stereocenters.